The monoisotopic (exact) mass is 203 g/mol. The molecular formula is C7H10NO4P. The molecule has 0 fully saturated rings. The standard InChI is InChI=1S/C7H10NO4P/c1-11-13(10,12-2)7(9)6-4-3-5-8-6/h3-5,8H,1-2H3. The lowest BCUT2D eigenvalue weighted by molar-refractivity contribution is 0.102. The zero-order chi connectivity index (χ0) is 9.90. The predicted octanol–water partition coefficient (Wildman–Crippen LogP) is 1.64. The molecule has 0 aromatic carbocycles. The van der Waals surface area contributed by atoms with Crippen LogP contribution >= 0.6 is 7.60 Å². The molecule has 0 atom stereocenters. The van der Waals surface area contributed by atoms with E-state index in [1.54, 1.807) is 12.3 Å². The van der Waals surface area contributed by atoms with Crippen LogP contribution in [0.4, 0.5) is 0 Å². The summed E-state index contributed by atoms with van der Waals surface area (Å²) in [6.07, 6.45) is 1.56. The maximum absolute atomic E-state index is 11.5. The zero-order valence-electron chi connectivity index (χ0n) is 7.31. The van der Waals surface area contributed by atoms with Gasteiger partial charge in [0.1, 0.15) is 0 Å². The van der Waals surface area contributed by atoms with Gasteiger partial charge in [-0.3, -0.25) is 9.36 Å². The van der Waals surface area contributed by atoms with Crippen molar-refractivity contribution in [3.8, 4) is 0 Å². The van der Waals surface area contributed by atoms with Gasteiger partial charge in [-0.1, -0.05) is 0 Å². The lowest BCUT2D eigenvalue weighted by atomic mass is 10.5. The van der Waals surface area contributed by atoms with E-state index in [1.165, 1.54) is 20.3 Å². The summed E-state index contributed by atoms with van der Waals surface area (Å²) in [5, 5.41) is 0. The van der Waals surface area contributed by atoms with Crippen molar-refractivity contribution in [2.24, 2.45) is 0 Å². The summed E-state index contributed by atoms with van der Waals surface area (Å²) in [5.74, 6) is 0. The highest BCUT2D eigenvalue weighted by atomic mass is 31.2. The van der Waals surface area contributed by atoms with Gasteiger partial charge in [-0.05, 0) is 12.1 Å². The molecule has 0 saturated heterocycles. The first kappa shape index (κ1) is 10.2. The van der Waals surface area contributed by atoms with E-state index >= 15 is 0 Å². The van der Waals surface area contributed by atoms with Gasteiger partial charge in [-0.25, -0.2) is 0 Å². The van der Waals surface area contributed by atoms with E-state index in [0.29, 0.717) is 0 Å². The van der Waals surface area contributed by atoms with Crippen molar-refractivity contribution in [2.45, 2.75) is 0 Å². The van der Waals surface area contributed by atoms with Crippen LogP contribution in [0.1, 0.15) is 10.5 Å². The summed E-state index contributed by atoms with van der Waals surface area (Å²) in [5.41, 5.74) is -0.450. The molecule has 1 aromatic heterocycles. The second kappa shape index (κ2) is 3.87. The fraction of sp³-hybridized carbons (Fsp3) is 0.286. The molecule has 0 unspecified atom stereocenters. The SMILES string of the molecule is COP(=O)(OC)C(=O)c1ccc[nH]1. The third kappa shape index (κ3) is 1.88. The van der Waals surface area contributed by atoms with Gasteiger partial charge >= 0.3 is 7.60 Å². The molecule has 1 aromatic rings. The lowest BCUT2D eigenvalue weighted by Crippen LogP contribution is -2.04. The Hall–Kier alpha value is -0.900. The second-order valence-corrected chi connectivity index (χ2v) is 4.38. The van der Waals surface area contributed by atoms with Crippen LogP contribution in [0.5, 0.6) is 0 Å². The van der Waals surface area contributed by atoms with Crippen LogP contribution in [0, 0.1) is 0 Å². The molecule has 0 amide bonds. The number of hydrogen-bond acceptors (Lipinski definition) is 4. The minimum absolute atomic E-state index is 0.215. The molecule has 0 aliphatic rings. The Balaban J connectivity index is 2.96. The fourth-order valence-corrected chi connectivity index (χ4v) is 1.77. The van der Waals surface area contributed by atoms with Crippen LogP contribution in [-0.2, 0) is 13.6 Å². The Kier molecular flexibility index (Phi) is 3.03. The van der Waals surface area contributed by atoms with Crippen molar-refractivity contribution in [3.05, 3.63) is 24.0 Å². The van der Waals surface area contributed by atoms with Crippen LogP contribution in [0.3, 0.4) is 0 Å². The molecule has 0 saturated carbocycles. The van der Waals surface area contributed by atoms with Crippen LogP contribution < -0.4 is 0 Å². The highest BCUT2D eigenvalue weighted by Gasteiger charge is 2.33. The van der Waals surface area contributed by atoms with Crippen LogP contribution in [-0.4, -0.2) is 24.7 Å². The van der Waals surface area contributed by atoms with Gasteiger partial charge in [0.25, 0.3) is 5.52 Å². The summed E-state index contributed by atoms with van der Waals surface area (Å²) in [7, 11) is -1.29. The third-order valence-corrected chi connectivity index (χ3v) is 3.26. The Labute approximate surface area is 75.6 Å². The molecule has 0 radical (unpaired) electrons. The fourth-order valence-electron chi connectivity index (χ4n) is 0.851. The summed E-state index contributed by atoms with van der Waals surface area (Å²) < 4.78 is 20.6. The maximum Gasteiger partial charge on any atom is 0.402 e. The number of carbonyl (C=O) groups excluding carboxylic acids is 1. The first-order chi connectivity index (χ1) is 6.14. The molecule has 0 aliphatic heterocycles. The first-order valence-electron chi connectivity index (χ1n) is 3.54. The Morgan fingerprint density at radius 1 is 1.46 bits per heavy atom. The average Bonchev–Trinajstić information content (AvgIpc) is 2.68. The molecule has 0 spiro atoms. The number of H-pyrrole nitrogens is 1. The highest BCUT2D eigenvalue weighted by Crippen LogP contribution is 2.49. The first-order valence-corrected chi connectivity index (χ1v) is 5.08. The van der Waals surface area contributed by atoms with Crippen molar-refractivity contribution in [2.75, 3.05) is 14.2 Å². The maximum atomic E-state index is 11.5. The quantitative estimate of drug-likeness (QED) is 0.755. The number of nitrogens with one attached hydrogen (secondary N) is 1. The summed E-state index contributed by atoms with van der Waals surface area (Å²) >= 11 is 0. The van der Waals surface area contributed by atoms with Crippen molar-refractivity contribution < 1.29 is 18.4 Å². The molecule has 1 N–H and O–H groups in total. The van der Waals surface area contributed by atoms with Crippen molar-refractivity contribution in [1.29, 1.82) is 0 Å². The van der Waals surface area contributed by atoms with E-state index < -0.39 is 13.1 Å². The smallest absolute Gasteiger partial charge is 0.358 e. The van der Waals surface area contributed by atoms with E-state index in [0.717, 1.165) is 0 Å². The number of rotatable bonds is 4. The van der Waals surface area contributed by atoms with Crippen molar-refractivity contribution in [3.63, 3.8) is 0 Å². The summed E-state index contributed by atoms with van der Waals surface area (Å²) in [6.45, 7) is 0. The van der Waals surface area contributed by atoms with Gasteiger partial charge < -0.3 is 14.0 Å². The highest BCUT2D eigenvalue weighted by molar-refractivity contribution is 7.72. The summed E-state index contributed by atoms with van der Waals surface area (Å²) in [6, 6.07) is 3.13. The molecule has 0 bridgehead atoms. The van der Waals surface area contributed by atoms with Crippen molar-refractivity contribution in [1.82, 2.24) is 4.98 Å². The topological polar surface area (TPSA) is 68.4 Å². The predicted molar refractivity (Wildman–Crippen MR) is 46.7 cm³/mol. The Morgan fingerprint density at radius 3 is 2.46 bits per heavy atom. The van der Waals surface area contributed by atoms with E-state index in [1.807, 2.05) is 0 Å². The van der Waals surface area contributed by atoms with Crippen LogP contribution in [0.15, 0.2) is 18.3 Å². The zero-order valence-corrected chi connectivity index (χ0v) is 8.21. The minimum atomic E-state index is -3.63. The van der Waals surface area contributed by atoms with E-state index in [-0.39, 0.29) is 5.69 Å². The van der Waals surface area contributed by atoms with Crippen LogP contribution in [0.25, 0.3) is 0 Å². The molecular weight excluding hydrogens is 193 g/mol. The van der Waals surface area contributed by atoms with E-state index in [4.69, 9.17) is 0 Å². The van der Waals surface area contributed by atoms with Crippen LogP contribution in [0.2, 0.25) is 0 Å². The molecule has 6 heteroatoms. The van der Waals surface area contributed by atoms with E-state index in [9.17, 15) is 9.36 Å². The molecule has 72 valence electrons. The Morgan fingerprint density at radius 2 is 2.08 bits per heavy atom. The molecule has 13 heavy (non-hydrogen) atoms. The third-order valence-electron chi connectivity index (χ3n) is 1.56. The average molecular weight is 203 g/mol. The number of carbonyl (C=O) groups is 1. The van der Waals surface area contributed by atoms with Gasteiger partial charge in [0.05, 0.1) is 5.69 Å². The lowest BCUT2D eigenvalue weighted by Gasteiger charge is -2.10. The van der Waals surface area contributed by atoms with Gasteiger partial charge in [0, 0.05) is 20.4 Å². The van der Waals surface area contributed by atoms with Crippen molar-refractivity contribution >= 4 is 13.1 Å². The number of hydrogen-bond donors (Lipinski definition) is 1. The van der Waals surface area contributed by atoms with Gasteiger partial charge in [0.15, 0.2) is 0 Å². The second-order valence-electron chi connectivity index (χ2n) is 2.25. The molecule has 0 aliphatic carbocycles. The minimum Gasteiger partial charge on any atom is -0.358 e. The van der Waals surface area contributed by atoms with Gasteiger partial charge in [0.2, 0.25) is 0 Å². The normalized spacial score (nSPS) is 11.5. The number of aromatic nitrogens is 1. The molecule has 1 heterocycles. The molecule has 1 rings (SSSR count). The van der Waals surface area contributed by atoms with E-state index in [2.05, 4.69) is 14.0 Å². The van der Waals surface area contributed by atoms with Gasteiger partial charge in [-0.2, -0.15) is 0 Å². The van der Waals surface area contributed by atoms with Gasteiger partial charge in [-0.15, -0.1) is 0 Å². The Bertz CT molecular complexity index is 324. The molecule has 5 nitrogen and oxygen atoms in total. The number of aromatic amines is 1. The largest absolute Gasteiger partial charge is 0.402 e. The summed E-state index contributed by atoms with van der Waals surface area (Å²) in [4.78, 5) is 14.1.